The highest BCUT2D eigenvalue weighted by Crippen LogP contribution is 2.35. The lowest BCUT2D eigenvalue weighted by molar-refractivity contribution is -0.122. The number of nitrogens with one attached hydrogen (secondary N) is 1. The minimum absolute atomic E-state index is 0.150. The number of hydrogen-bond acceptors (Lipinski definition) is 5. The Morgan fingerprint density at radius 2 is 1.86 bits per heavy atom. The van der Waals surface area contributed by atoms with Crippen molar-refractivity contribution in [2.24, 2.45) is 0 Å². The first kappa shape index (κ1) is 17.8. The van der Waals surface area contributed by atoms with Crippen molar-refractivity contribution in [1.82, 2.24) is 15.1 Å². The van der Waals surface area contributed by atoms with E-state index in [9.17, 15) is 9.59 Å². The highest BCUT2D eigenvalue weighted by atomic mass is 16.7. The SMILES string of the molecule is Cc1ccc(CNC(=O)Cn2nc(-c3ccc4c(c3)OCO4)ccc2=O)cc1. The van der Waals surface area contributed by atoms with E-state index < -0.39 is 0 Å². The zero-order valence-electron chi connectivity index (χ0n) is 15.3. The molecule has 0 unspecified atom stereocenters. The number of benzene rings is 2. The quantitative estimate of drug-likeness (QED) is 0.738. The van der Waals surface area contributed by atoms with Crippen LogP contribution in [0.3, 0.4) is 0 Å². The van der Waals surface area contributed by atoms with Gasteiger partial charge in [-0.15, -0.1) is 0 Å². The molecular formula is C21H19N3O4. The standard InChI is InChI=1S/C21H19N3O4/c1-14-2-4-15(5-3-14)11-22-20(25)12-24-21(26)9-7-17(23-24)16-6-8-18-19(10-16)28-13-27-18/h2-10H,11-13H2,1H3,(H,22,25). The predicted octanol–water partition coefficient (Wildman–Crippen LogP) is 2.26. The smallest absolute Gasteiger partial charge is 0.267 e. The number of aromatic nitrogens is 2. The van der Waals surface area contributed by atoms with E-state index in [1.54, 1.807) is 18.2 Å². The van der Waals surface area contributed by atoms with Crippen LogP contribution >= 0.6 is 0 Å². The monoisotopic (exact) mass is 377 g/mol. The maximum atomic E-state index is 12.3. The van der Waals surface area contributed by atoms with Gasteiger partial charge in [-0.3, -0.25) is 9.59 Å². The minimum Gasteiger partial charge on any atom is -0.454 e. The fourth-order valence-electron chi connectivity index (χ4n) is 2.87. The van der Waals surface area contributed by atoms with E-state index in [0.717, 1.165) is 21.4 Å². The maximum absolute atomic E-state index is 12.3. The van der Waals surface area contributed by atoms with E-state index in [1.807, 2.05) is 37.3 Å². The Morgan fingerprint density at radius 3 is 2.68 bits per heavy atom. The first-order valence-corrected chi connectivity index (χ1v) is 8.89. The van der Waals surface area contributed by atoms with Crippen molar-refractivity contribution >= 4 is 5.91 Å². The van der Waals surface area contributed by atoms with E-state index in [0.29, 0.717) is 23.7 Å². The molecule has 1 N–H and O–H groups in total. The summed E-state index contributed by atoms with van der Waals surface area (Å²) in [6, 6.07) is 16.4. The second-order valence-electron chi connectivity index (χ2n) is 6.54. The van der Waals surface area contributed by atoms with Crippen LogP contribution in [0.4, 0.5) is 0 Å². The maximum Gasteiger partial charge on any atom is 0.267 e. The average Bonchev–Trinajstić information content (AvgIpc) is 3.17. The summed E-state index contributed by atoms with van der Waals surface area (Å²) in [5.41, 5.74) is 3.16. The number of hydrogen-bond donors (Lipinski definition) is 1. The van der Waals surface area contributed by atoms with Gasteiger partial charge in [0.1, 0.15) is 6.54 Å². The second kappa shape index (κ2) is 7.56. The van der Waals surface area contributed by atoms with Gasteiger partial charge in [-0.25, -0.2) is 4.68 Å². The summed E-state index contributed by atoms with van der Waals surface area (Å²) >= 11 is 0. The van der Waals surface area contributed by atoms with Gasteiger partial charge in [0, 0.05) is 18.2 Å². The Bertz CT molecular complexity index is 1070. The van der Waals surface area contributed by atoms with E-state index in [4.69, 9.17) is 9.47 Å². The Morgan fingerprint density at radius 1 is 1.07 bits per heavy atom. The summed E-state index contributed by atoms with van der Waals surface area (Å²) in [6.07, 6.45) is 0. The molecule has 1 aliphatic rings. The summed E-state index contributed by atoms with van der Waals surface area (Å²) in [6.45, 7) is 2.44. The third-order valence-electron chi connectivity index (χ3n) is 4.44. The number of amides is 1. The molecule has 7 heteroatoms. The molecule has 1 aromatic heterocycles. The number of aryl methyl sites for hydroxylation is 1. The zero-order chi connectivity index (χ0) is 19.5. The molecule has 28 heavy (non-hydrogen) atoms. The Labute approximate surface area is 161 Å². The lowest BCUT2D eigenvalue weighted by atomic mass is 10.1. The van der Waals surface area contributed by atoms with Crippen molar-refractivity contribution < 1.29 is 14.3 Å². The van der Waals surface area contributed by atoms with Gasteiger partial charge in [-0.05, 0) is 36.8 Å². The molecule has 0 saturated heterocycles. The second-order valence-corrected chi connectivity index (χ2v) is 6.54. The lowest BCUT2D eigenvalue weighted by Crippen LogP contribution is -2.33. The van der Waals surface area contributed by atoms with E-state index in [2.05, 4.69) is 10.4 Å². The Hall–Kier alpha value is -3.61. The first-order chi connectivity index (χ1) is 13.6. The van der Waals surface area contributed by atoms with Crippen molar-refractivity contribution in [2.45, 2.75) is 20.0 Å². The number of ether oxygens (including phenoxy) is 2. The molecule has 0 atom stereocenters. The highest BCUT2D eigenvalue weighted by molar-refractivity contribution is 5.75. The van der Waals surface area contributed by atoms with Crippen LogP contribution < -0.4 is 20.3 Å². The van der Waals surface area contributed by atoms with Crippen molar-refractivity contribution in [3.63, 3.8) is 0 Å². The van der Waals surface area contributed by atoms with Gasteiger partial charge in [0.05, 0.1) is 5.69 Å². The fourth-order valence-corrected chi connectivity index (χ4v) is 2.87. The van der Waals surface area contributed by atoms with Crippen LogP contribution in [0.25, 0.3) is 11.3 Å². The number of carbonyl (C=O) groups excluding carboxylic acids is 1. The Balaban J connectivity index is 1.47. The molecule has 0 fully saturated rings. The van der Waals surface area contributed by atoms with E-state index in [-0.39, 0.29) is 24.8 Å². The lowest BCUT2D eigenvalue weighted by Gasteiger charge is -2.09. The van der Waals surface area contributed by atoms with Crippen LogP contribution in [0.1, 0.15) is 11.1 Å². The van der Waals surface area contributed by atoms with E-state index >= 15 is 0 Å². The van der Waals surface area contributed by atoms with E-state index in [1.165, 1.54) is 6.07 Å². The fraction of sp³-hybridized carbons (Fsp3) is 0.190. The minimum atomic E-state index is -0.338. The van der Waals surface area contributed by atoms with Crippen molar-refractivity contribution in [3.8, 4) is 22.8 Å². The van der Waals surface area contributed by atoms with Gasteiger partial charge >= 0.3 is 0 Å². The Kier molecular flexibility index (Phi) is 4.80. The van der Waals surface area contributed by atoms with Crippen molar-refractivity contribution in [2.75, 3.05) is 6.79 Å². The first-order valence-electron chi connectivity index (χ1n) is 8.89. The third kappa shape index (κ3) is 3.88. The molecule has 4 rings (SSSR count). The number of carbonyl (C=O) groups is 1. The molecule has 1 amide bonds. The molecule has 1 aliphatic heterocycles. The van der Waals surface area contributed by atoms with Gasteiger partial charge in [-0.2, -0.15) is 5.10 Å². The van der Waals surface area contributed by atoms with Gasteiger partial charge in [0.2, 0.25) is 12.7 Å². The summed E-state index contributed by atoms with van der Waals surface area (Å²) in [4.78, 5) is 24.4. The van der Waals surface area contributed by atoms with Gasteiger partial charge < -0.3 is 14.8 Å². The van der Waals surface area contributed by atoms with Gasteiger partial charge in [-0.1, -0.05) is 29.8 Å². The molecular weight excluding hydrogens is 358 g/mol. The topological polar surface area (TPSA) is 82.5 Å². The molecule has 0 saturated carbocycles. The van der Waals surface area contributed by atoms with Crippen LogP contribution in [0.2, 0.25) is 0 Å². The summed E-state index contributed by atoms with van der Waals surface area (Å²) < 4.78 is 11.8. The van der Waals surface area contributed by atoms with Crippen LogP contribution in [0.15, 0.2) is 59.4 Å². The molecule has 3 aromatic rings. The van der Waals surface area contributed by atoms with Gasteiger partial charge in [0.15, 0.2) is 11.5 Å². The molecule has 7 nitrogen and oxygen atoms in total. The predicted molar refractivity (Wildman–Crippen MR) is 103 cm³/mol. The van der Waals surface area contributed by atoms with Gasteiger partial charge in [0.25, 0.3) is 5.56 Å². The van der Waals surface area contributed by atoms with Crippen LogP contribution in [-0.2, 0) is 17.9 Å². The number of fused-ring (bicyclic) bond motifs is 1. The molecule has 142 valence electrons. The molecule has 0 radical (unpaired) electrons. The summed E-state index contributed by atoms with van der Waals surface area (Å²) in [7, 11) is 0. The highest BCUT2D eigenvalue weighted by Gasteiger charge is 2.15. The normalized spacial score (nSPS) is 12.0. The van der Waals surface area contributed by atoms with Crippen molar-refractivity contribution in [3.05, 3.63) is 76.1 Å². The summed E-state index contributed by atoms with van der Waals surface area (Å²) in [5, 5.41) is 7.13. The number of nitrogens with zero attached hydrogens (tertiary/aromatic N) is 2. The largest absolute Gasteiger partial charge is 0.454 e. The molecule has 2 heterocycles. The molecule has 2 aromatic carbocycles. The van der Waals surface area contributed by atoms with Crippen LogP contribution in [-0.4, -0.2) is 22.5 Å². The average molecular weight is 377 g/mol. The number of rotatable bonds is 5. The molecule has 0 spiro atoms. The molecule has 0 bridgehead atoms. The van der Waals surface area contributed by atoms with Crippen LogP contribution in [0.5, 0.6) is 11.5 Å². The van der Waals surface area contributed by atoms with Crippen LogP contribution in [0, 0.1) is 6.92 Å². The van der Waals surface area contributed by atoms with Crippen molar-refractivity contribution in [1.29, 1.82) is 0 Å². The third-order valence-corrected chi connectivity index (χ3v) is 4.44. The summed E-state index contributed by atoms with van der Waals surface area (Å²) in [5.74, 6) is 1.03. The molecule has 0 aliphatic carbocycles. The zero-order valence-corrected chi connectivity index (χ0v) is 15.3.